The molecule has 0 saturated carbocycles. The minimum Gasteiger partial charge on any atom is -0.0885 e. The minimum absolute atomic E-state index is 0.459. The molecule has 0 radical (unpaired) electrons. The molecule has 1 atom stereocenters. The van der Waals surface area contributed by atoms with Gasteiger partial charge in [0.25, 0.3) is 0 Å². The zero-order valence-corrected chi connectivity index (χ0v) is 14.2. The molecule has 1 aromatic carbocycles. The monoisotopic (exact) mass is 272 g/mol. The van der Waals surface area contributed by atoms with E-state index in [0.29, 0.717) is 5.41 Å². The van der Waals surface area contributed by atoms with Crippen LogP contribution in [0.1, 0.15) is 40.0 Å². The van der Waals surface area contributed by atoms with Crippen LogP contribution in [0.4, 0.5) is 0 Å². The van der Waals surface area contributed by atoms with Gasteiger partial charge in [0, 0.05) is 0 Å². The molecule has 1 aliphatic rings. The third kappa shape index (κ3) is 3.20. The second-order valence-corrected chi connectivity index (χ2v) is 12.0. The molecule has 0 amide bonds. The predicted octanol–water partition coefficient (Wildman–Crippen LogP) is 4.91. The van der Waals surface area contributed by atoms with Crippen LogP contribution < -0.4 is 5.19 Å². The fourth-order valence-corrected chi connectivity index (χ4v) is 6.02. The Morgan fingerprint density at radius 1 is 1.05 bits per heavy atom. The van der Waals surface area contributed by atoms with Gasteiger partial charge in [-0.2, -0.15) is 0 Å². The molecule has 1 aromatic rings. The molecule has 1 unspecified atom stereocenters. The van der Waals surface area contributed by atoms with Crippen LogP contribution in [-0.4, -0.2) is 8.07 Å². The molecule has 1 heteroatoms. The SMILES string of the molecule is CC(C)(C)C1CC=C([Si](C)(C)c2ccccc2)CC1. The standard InChI is InChI=1S/C18H28Si/c1-18(2,3)15-11-13-17(14-12-15)19(4,5)16-9-7-6-8-10-16/h6-10,13,15H,11-12,14H2,1-5H3. The molecule has 0 bridgehead atoms. The highest BCUT2D eigenvalue weighted by Crippen LogP contribution is 2.39. The summed E-state index contributed by atoms with van der Waals surface area (Å²) >= 11 is 0. The summed E-state index contributed by atoms with van der Waals surface area (Å²) in [5.41, 5.74) is 0.459. The van der Waals surface area contributed by atoms with E-state index in [1.165, 1.54) is 19.3 Å². The lowest BCUT2D eigenvalue weighted by molar-refractivity contribution is 0.222. The maximum Gasteiger partial charge on any atom is 0.107 e. The Kier molecular flexibility index (Phi) is 4.05. The number of rotatable bonds is 2. The van der Waals surface area contributed by atoms with Crippen molar-refractivity contribution in [1.29, 1.82) is 0 Å². The lowest BCUT2D eigenvalue weighted by Crippen LogP contribution is -2.44. The van der Waals surface area contributed by atoms with Gasteiger partial charge in [-0.1, -0.05) is 80.7 Å². The second kappa shape index (κ2) is 5.28. The Balaban J connectivity index is 2.18. The van der Waals surface area contributed by atoms with E-state index < -0.39 is 8.07 Å². The van der Waals surface area contributed by atoms with Gasteiger partial charge in [0.2, 0.25) is 0 Å². The van der Waals surface area contributed by atoms with Crippen molar-refractivity contribution in [2.24, 2.45) is 11.3 Å². The first-order valence-electron chi connectivity index (χ1n) is 7.57. The molecule has 0 aliphatic heterocycles. The molecule has 0 spiro atoms. The summed E-state index contributed by atoms with van der Waals surface area (Å²) < 4.78 is 0. The maximum absolute atomic E-state index is 2.58. The van der Waals surface area contributed by atoms with Crippen LogP contribution in [0, 0.1) is 11.3 Å². The van der Waals surface area contributed by atoms with Crippen molar-refractivity contribution in [3.63, 3.8) is 0 Å². The first kappa shape index (κ1) is 14.6. The van der Waals surface area contributed by atoms with Crippen LogP contribution in [0.15, 0.2) is 41.6 Å². The fraction of sp³-hybridized carbons (Fsp3) is 0.556. The van der Waals surface area contributed by atoms with Crippen molar-refractivity contribution in [1.82, 2.24) is 0 Å². The van der Waals surface area contributed by atoms with Crippen molar-refractivity contribution >= 4 is 13.3 Å². The van der Waals surface area contributed by atoms with Crippen LogP contribution in [0.3, 0.4) is 0 Å². The van der Waals surface area contributed by atoms with E-state index in [1.807, 2.05) is 0 Å². The van der Waals surface area contributed by atoms with E-state index in [1.54, 1.807) is 10.4 Å². The number of hydrogen-bond acceptors (Lipinski definition) is 0. The van der Waals surface area contributed by atoms with Crippen LogP contribution >= 0.6 is 0 Å². The normalized spacial score (nSPS) is 21.1. The molecule has 0 N–H and O–H groups in total. The second-order valence-electron chi connectivity index (χ2n) is 7.56. The number of allylic oxidation sites excluding steroid dienone is 2. The van der Waals surface area contributed by atoms with Gasteiger partial charge < -0.3 is 0 Å². The molecular formula is C18H28Si. The molecule has 2 rings (SSSR count). The molecular weight excluding hydrogens is 244 g/mol. The highest BCUT2D eigenvalue weighted by atomic mass is 28.3. The first-order chi connectivity index (χ1) is 8.82. The highest BCUT2D eigenvalue weighted by molar-refractivity contribution is 6.95. The van der Waals surface area contributed by atoms with Crippen molar-refractivity contribution in [3.8, 4) is 0 Å². The van der Waals surface area contributed by atoms with Gasteiger partial charge in [0.15, 0.2) is 0 Å². The lowest BCUT2D eigenvalue weighted by Gasteiger charge is -2.37. The topological polar surface area (TPSA) is 0 Å². The van der Waals surface area contributed by atoms with Gasteiger partial charge >= 0.3 is 0 Å². The summed E-state index contributed by atoms with van der Waals surface area (Å²) in [6.07, 6.45) is 6.55. The maximum atomic E-state index is 2.58. The van der Waals surface area contributed by atoms with E-state index in [2.05, 4.69) is 70.3 Å². The number of hydrogen-bond donors (Lipinski definition) is 0. The Morgan fingerprint density at radius 3 is 2.16 bits per heavy atom. The summed E-state index contributed by atoms with van der Waals surface area (Å²) in [6, 6.07) is 11.1. The molecule has 19 heavy (non-hydrogen) atoms. The van der Waals surface area contributed by atoms with E-state index in [0.717, 1.165) is 5.92 Å². The largest absolute Gasteiger partial charge is 0.107 e. The summed E-state index contributed by atoms with van der Waals surface area (Å²) in [7, 11) is -1.41. The summed E-state index contributed by atoms with van der Waals surface area (Å²) in [5, 5.41) is 3.34. The van der Waals surface area contributed by atoms with Gasteiger partial charge in [-0.3, -0.25) is 0 Å². The van der Waals surface area contributed by atoms with Gasteiger partial charge in [-0.25, -0.2) is 0 Å². The van der Waals surface area contributed by atoms with Crippen molar-refractivity contribution < 1.29 is 0 Å². The Labute approximate surface area is 119 Å². The van der Waals surface area contributed by atoms with Gasteiger partial charge in [-0.05, 0) is 30.6 Å². The molecule has 0 nitrogen and oxygen atoms in total. The molecule has 0 heterocycles. The molecule has 1 aliphatic carbocycles. The Morgan fingerprint density at radius 2 is 1.68 bits per heavy atom. The van der Waals surface area contributed by atoms with Crippen molar-refractivity contribution in [2.45, 2.75) is 53.1 Å². The van der Waals surface area contributed by atoms with E-state index >= 15 is 0 Å². The Bertz CT molecular complexity index is 448. The zero-order valence-electron chi connectivity index (χ0n) is 13.2. The lowest BCUT2D eigenvalue weighted by atomic mass is 9.74. The van der Waals surface area contributed by atoms with Crippen LogP contribution in [-0.2, 0) is 0 Å². The Hall–Kier alpha value is -0.823. The quantitative estimate of drug-likeness (QED) is 0.671. The minimum atomic E-state index is -1.41. The van der Waals surface area contributed by atoms with Gasteiger partial charge in [0.05, 0.1) is 0 Å². The third-order valence-electron chi connectivity index (χ3n) is 4.93. The zero-order chi connectivity index (χ0) is 14.1. The van der Waals surface area contributed by atoms with Crippen LogP contribution in [0.5, 0.6) is 0 Å². The van der Waals surface area contributed by atoms with Crippen LogP contribution in [0.25, 0.3) is 0 Å². The smallest absolute Gasteiger partial charge is 0.0885 e. The summed E-state index contributed by atoms with van der Waals surface area (Å²) in [5.74, 6) is 0.858. The highest BCUT2D eigenvalue weighted by Gasteiger charge is 2.33. The average molecular weight is 273 g/mol. The molecule has 0 saturated heterocycles. The van der Waals surface area contributed by atoms with Gasteiger partial charge in [0.1, 0.15) is 8.07 Å². The van der Waals surface area contributed by atoms with Gasteiger partial charge in [-0.15, -0.1) is 0 Å². The van der Waals surface area contributed by atoms with E-state index in [4.69, 9.17) is 0 Å². The third-order valence-corrected chi connectivity index (χ3v) is 8.77. The predicted molar refractivity (Wildman–Crippen MR) is 88.4 cm³/mol. The molecule has 104 valence electrons. The number of benzene rings is 1. The van der Waals surface area contributed by atoms with Crippen molar-refractivity contribution in [3.05, 3.63) is 41.6 Å². The van der Waals surface area contributed by atoms with Crippen LogP contribution in [0.2, 0.25) is 13.1 Å². The average Bonchev–Trinajstić information content (AvgIpc) is 2.39. The van der Waals surface area contributed by atoms with E-state index in [-0.39, 0.29) is 0 Å². The summed E-state index contributed by atoms with van der Waals surface area (Å²) in [6.45, 7) is 12.2. The molecule has 0 aromatic heterocycles. The molecule has 0 fully saturated rings. The first-order valence-corrected chi connectivity index (χ1v) is 10.6. The summed E-state index contributed by atoms with van der Waals surface area (Å²) in [4.78, 5) is 0. The van der Waals surface area contributed by atoms with E-state index in [9.17, 15) is 0 Å². The fourth-order valence-electron chi connectivity index (χ4n) is 3.23. The van der Waals surface area contributed by atoms with Crippen molar-refractivity contribution in [2.75, 3.05) is 0 Å².